The zero-order valence-electron chi connectivity index (χ0n) is 39.1. The van der Waals surface area contributed by atoms with Crippen LogP contribution in [0.15, 0.2) is 30.0 Å². The number of unbranched alkanes of at least 4 members (excludes halogenated alkanes) is 25. The highest BCUT2D eigenvalue weighted by molar-refractivity contribution is 4.94. The largest absolute Gasteiger partial charge is 0.303 e. The smallest absolute Gasteiger partial charge is 0.00163 e. The molecule has 0 fully saturated rings. The van der Waals surface area contributed by atoms with Crippen LogP contribution in [0, 0.1) is 11.8 Å². The van der Waals surface area contributed by atoms with Crippen LogP contribution in [0.5, 0.6) is 0 Å². The van der Waals surface area contributed by atoms with Crippen LogP contribution in [-0.4, -0.2) is 24.5 Å². The van der Waals surface area contributed by atoms with E-state index in [1.165, 1.54) is 262 Å². The van der Waals surface area contributed by atoms with Gasteiger partial charge in [0.1, 0.15) is 0 Å². The maximum Gasteiger partial charge on any atom is -0.00163 e. The predicted octanol–water partition coefficient (Wildman–Crippen LogP) is 19.0. The minimum atomic E-state index is 0.813. The Balaban J connectivity index is 0. The van der Waals surface area contributed by atoms with Gasteiger partial charge in [0.15, 0.2) is 0 Å². The van der Waals surface area contributed by atoms with Gasteiger partial charge in [-0.25, -0.2) is 0 Å². The third kappa shape index (κ3) is 47.4. The molecule has 0 saturated heterocycles. The van der Waals surface area contributed by atoms with Crippen molar-refractivity contribution in [3.05, 3.63) is 30.0 Å². The molecule has 322 valence electrons. The fourth-order valence-corrected chi connectivity index (χ4v) is 7.69. The van der Waals surface area contributed by atoms with E-state index in [1.54, 1.807) is 0 Å². The molecule has 0 aliphatic carbocycles. The number of rotatable bonds is 42. The Hall–Kier alpha value is -0.780. The maximum atomic E-state index is 4.36. The van der Waals surface area contributed by atoms with E-state index in [0.717, 1.165) is 11.8 Å². The highest BCUT2D eigenvalue weighted by Gasteiger charge is 2.07. The zero-order chi connectivity index (χ0) is 40.2. The minimum absolute atomic E-state index is 0.813. The van der Waals surface area contributed by atoms with Gasteiger partial charge in [0.2, 0.25) is 0 Å². The van der Waals surface area contributed by atoms with Crippen LogP contribution in [0.3, 0.4) is 0 Å². The summed E-state index contributed by atoms with van der Waals surface area (Å²) in [5.74, 6) is 1.79. The lowest BCUT2D eigenvalue weighted by molar-refractivity contribution is 0.246. The van der Waals surface area contributed by atoms with Gasteiger partial charge in [-0.3, -0.25) is 0 Å². The Morgan fingerprint density at radius 2 is 0.759 bits per heavy atom. The Morgan fingerprint density at radius 3 is 1.13 bits per heavy atom. The van der Waals surface area contributed by atoms with E-state index < -0.39 is 0 Å². The molecule has 0 aromatic carbocycles. The topological polar surface area (TPSA) is 3.24 Å². The van der Waals surface area contributed by atoms with E-state index in [-0.39, 0.29) is 0 Å². The normalized spacial score (nSPS) is 11.4. The minimum Gasteiger partial charge on any atom is -0.303 e. The van der Waals surface area contributed by atoms with Crippen LogP contribution >= 0.6 is 0 Å². The second kappa shape index (κ2) is 46.6. The van der Waals surface area contributed by atoms with Crippen molar-refractivity contribution in [2.45, 2.75) is 280 Å². The van der Waals surface area contributed by atoms with Gasteiger partial charge in [0, 0.05) is 0 Å². The third-order valence-corrected chi connectivity index (χ3v) is 11.8. The first-order valence-electron chi connectivity index (χ1n) is 25.0. The van der Waals surface area contributed by atoms with Crippen molar-refractivity contribution < 1.29 is 0 Å². The SMILES string of the molecule is C=C=C(C)CCCCCCCN(CCCCCCCC(=C)CCCCCCCCCC)CCC(C)C.CCCCCCCCC(C)CCCCCCCC. The lowest BCUT2D eigenvalue weighted by Crippen LogP contribution is -2.28. The summed E-state index contributed by atoms with van der Waals surface area (Å²) in [5, 5.41) is 0. The van der Waals surface area contributed by atoms with Crippen LogP contribution in [0.2, 0.25) is 0 Å². The van der Waals surface area contributed by atoms with Gasteiger partial charge in [-0.1, -0.05) is 234 Å². The van der Waals surface area contributed by atoms with Gasteiger partial charge in [-0.05, 0) is 102 Å². The fourth-order valence-electron chi connectivity index (χ4n) is 7.69. The molecular formula is C53H105N. The predicted molar refractivity (Wildman–Crippen MR) is 251 cm³/mol. The van der Waals surface area contributed by atoms with E-state index in [2.05, 4.69) is 72.3 Å². The van der Waals surface area contributed by atoms with Crippen molar-refractivity contribution in [3.8, 4) is 0 Å². The van der Waals surface area contributed by atoms with Gasteiger partial charge in [0.25, 0.3) is 0 Å². The second-order valence-corrected chi connectivity index (χ2v) is 18.2. The maximum absolute atomic E-state index is 4.36. The Kier molecular flexibility index (Phi) is 47.7. The van der Waals surface area contributed by atoms with Crippen molar-refractivity contribution in [2.24, 2.45) is 11.8 Å². The molecule has 0 radical (unpaired) electrons. The van der Waals surface area contributed by atoms with Crippen LogP contribution in [-0.2, 0) is 0 Å². The summed E-state index contributed by atoms with van der Waals surface area (Å²) in [6.45, 7) is 28.2. The first kappa shape index (κ1) is 55.3. The molecule has 0 atom stereocenters. The van der Waals surface area contributed by atoms with Gasteiger partial charge in [-0.2, -0.15) is 0 Å². The lowest BCUT2D eigenvalue weighted by atomic mass is 9.96. The van der Waals surface area contributed by atoms with Crippen LogP contribution in [0.4, 0.5) is 0 Å². The number of nitrogens with zero attached hydrogens (tertiary/aromatic N) is 1. The molecule has 0 aliphatic rings. The fraction of sp³-hybridized carbons (Fsp3) is 0.906. The van der Waals surface area contributed by atoms with Crippen LogP contribution < -0.4 is 0 Å². The third-order valence-electron chi connectivity index (χ3n) is 11.8. The average Bonchev–Trinajstić information content (AvgIpc) is 3.16. The lowest BCUT2D eigenvalue weighted by Gasteiger charge is -2.23. The van der Waals surface area contributed by atoms with Gasteiger partial charge < -0.3 is 4.90 Å². The summed E-state index contributed by atoms with van der Waals surface area (Å²) in [6, 6.07) is 0. The summed E-state index contributed by atoms with van der Waals surface area (Å²) < 4.78 is 0. The standard InChI is InChI=1S/C35H67N.C18H38/c1-7-9-10-11-12-13-16-22-27-35(6)28-23-18-15-20-25-31-36(32-29-33(3)4)30-24-19-14-17-21-26-34(5)8-2;1-4-6-8-10-12-14-16-18(3)17-15-13-11-9-7-5-2/h33H,2,6-7,9-32H2,1,3-5H3;18H,4-17H2,1-3H3. The Morgan fingerprint density at radius 1 is 0.426 bits per heavy atom. The van der Waals surface area contributed by atoms with Crippen molar-refractivity contribution in [2.75, 3.05) is 19.6 Å². The average molecular weight is 756 g/mol. The van der Waals surface area contributed by atoms with Crippen molar-refractivity contribution in [1.82, 2.24) is 4.90 Å². The molecular weight excluding hydrogens is 651 g/mol. The summed E-state index contributed by atoms with van der Waals surface area (Å²) in [6.07, 6.45) is 50.4. The molecule has 0 spiro atoms. The quantitative estimate of drug-likeness (QED) is 0.0341. The molecule has 1 nitrogen and oxygen atoms in total. The van der Waals surface area contributed by atoms with Crippen LogP contribution in [0.1, 0.15) is 280 Å². The van der Waals surface area contributed by atoms with Crippen molar-refractivity contribution in [1.29, 1.82) is 0 Å². The van der Waals surface area contributed by atoms with Crippen molar-refractivity contribution in [3.63, 3.8) is 0 Å². The molecule has 1 heteroatoms. The van der Waals surface area contributed by atoms with E-state index in [1.807, 2.05) is 0 Å². The zero-order valence-corrected chi connectivity index (χ0v) is 39.1. The molecule has 54 heavy (non-hydrogen) atoms. The van der Waals surface area contributed by atoms with E-state index in [0.29, 0.717) is 0 Å². The Bertz CT molecular complexity index is 756. The molecule has 0 bridgehead atoms. The van der Waals surface area contributed by atoms with Gasteiger partial charge >= 0.3 is 0 Å². The second-order valence-electron chi connectivity index (χ2n) is 18.2. The summed E-state index contributed by atoms with van der Waals surface area (Å²) in [4.78, 5) is 2.76. The molecule has 0 unspecified atom stereocenters. The first-order chi connectivity index (χ1) is 26.3. The molecule has 0 rings (SSSR count). The summed E-state index contributed by atoms with van der Waals surface area (Å²) in [7, 11) is 0. The monoisotopic (exact) mass is 756 g/mol. The first-order valence-corrected chi connectivity index (χ1v) is 25.0. The molecule has 0 aromatic rings. The summed E-state index contributed by atoms with van der Waals surface area (Å²) in [5.41, 5.74) is 5.84. The molecule has 0 aromatic heterocycles. The number of hydrogen-bond acceptors (Lipinski definition) is 1. The van der Waals surface area contributed by atoms with Gasteiger partial charge in [0.05, 0.1) is 0 Å². The molecule has 0 heterocycles. The number of hydrogen-bond donors (Lipinski definition) is 0. The highest BCUT2D eigenvalue weighted by atomic mass is 15.1. The summed E-state index contributed by atoms with van der Waals surface area (Å²) >= 11 is 0. The van der Waals surface area contributed by atoms with E-state index in [9.17, 15) is 0 Å². The van der Waals surface area contributed by atoms with Crippen molar-refractivity contribution >= 4 is 0 Å². The molecule has 0 amide bonds. The number of allylic oxidation sites excluding steroid dienone is 2. The molecule has 0 N–H and O–H groups in total. The Labute approximate surface area is 344 Å². The van der Waals surface area contributed by atoms with Crippen LogP contribution in [0.25, 0.3) is 0 Å². The van der Waals surface area contributed by atoms with E-state index in [4.69, 9.17) is 0 Å². The molecule has 0 saturated carbocycles. The highest BCUT2D eigenvalue weighted by Crippen LogP contribution is 2.20. The molecule has 0 aliphatic heterocycles. The van der Waals surface area contributed by atoms with Gasteiger partial charge in [-0.15, -0.1) is 5.73 Å². The van der Waals surface area contributed by atoms with E-state index >= 15 is 0 Å².